The first-order chi connectivity index (χ1) is 10.1. The minimum Gasteiger partial charge on any atom is -0.478 e. The lowest BCUT2D eigenvalue weighted by Gasteiger charge is -2.51. The lowest BCUT2D eigenvalue weighted by atomic mass is 9.55. The van der Waals surface area contributed by atoms with Crippen LogP contribution in [0.1, 0.15) is 40.0 Å². The van der Waals surface area contributed by atoms with Crippen LogP contribution in [0.2, 0.25) is 0 Å². The van der Waals surface area contributed by atoms with Crippen molar-refractivity contribution in [3.05, 3.63) is 23.8 Å². The number of aliphatic carboxylic acids is 1. The van der Waals surface area contributed by atoms with Crippen molar-refractivity contribution in [1.29, 1.82) is 0 Å². The standard InChI is InChI=1S/C17H22O5/c1-9-5-13(19)8-17(4)14(9)6-12(10(2)16(20)21)7-15(17)22-11(3)18/h5,12,14-15H,2,6-8H2,1,3-4H3,(H,20,21)/t12?,14?,15-,17-/m0/s1. The molecule has 2 aliphatic carbocycles. The molecule has 22 heavy (non-hydrogen) atoms. The van der Waals surface area contributed by atoms with Gasteiger partial charge >= 0.3 is 11.9 Å². The number of rotatable bonds is 3. The van der Waals surface area contributed by atoms with Crippen LogP contribution in [0.15, 0.2) is 23.8 Å². The molecule has 0 heterocycles. The number of fused-ring (bicyclic) bond motifs is 1. The lowest BCUT2D eigenvalue weighted by molar-refractivity contribution is -0.163. The topological polar surface area (TPSA) is 80.7 Å². The molecule has 0 spiro atoms. The van der Waals surface area contributed by atoms with Crippen LogP contribution in [-0.2, 0) is 19.1 Å². The molecule has 1 saturated carbocycles. The SMILES string of the molecule is C=C(C(=O)O)C1CC2C(C)=CC(=O)C[C@]2(C)[C@@H](OC(C)=O)C1. The molecule has 0 radical (unpaired) electrons. The quantitative estimate of drug-likeness (QED) is 0.640. The van der Waals surface area contributed by atoms with E-state index in [0.717, 1.165) is 5.57 Å². The molecule has 0 aromatic heterocycles. The fourth-order valence-electron chi connectivity index (χ4n) is 3.97. The van der Waals surface area contributed by atoms with Gasteiger partial charge in [0.2, 0.25) is 0 Å². The first-order valence-electron chi connectivity index (χ1n) is 7.45. The molecule has 2 rings (SSSR count). The number of carbonyl (C=O) groups excluding carboxylic acids is 2. The Labute approximate surface area is 130 Å². The van der Waals surface area contributed by atoms with Crippen LogP contribution in [0, 0.1) is 17.3 Å². The largest absolute Gasteiger partial charge is 0.478 e. The van der Waals surface area contributed by atoms with Gasteiger partial charge in [-0.15, -0.1) is 0 Å². The second-order valence-electron chi connectivity index (χ2n) is 6.69. The third-order valence-electron chi connectivity index (χ3n) is 5.12. The first-order valence-corrected chi connectivity index (χ1v) is 7.45. The number of carboxylic acids is 1. The average molecular weight is 306 g/mol. The van der Waals surface area contributed by atoms with Gasteiger partial charge in [-0.3, -0.25) is 9.59 Å². The Morgan fingerprint density at radius 2 is 2.05 bits per heavy atom. The number of hydrogen-bond donors (Lipinski definition) is 1. The Hall–Kier alpha value is -1.91. The van der Waals surface area contributed by atoms with E-state index in [1.54, 1.807) is 6.08 Å². The van der Waals surface area contributed by atoms with Crippen molar-refractivity contribution in [2.24, 2.45) is 17.3 Å². The maximum Gasteiger partial charge on any atom is 0.331 e. The molecule has 1 fully saturated rings. The molecule has 0 aromatic carbocycles. The molecular weight excluding hydrogens is 284 g/mol. The van der Waals surface area contributed by atoms with E-state index in [0.29, 0.717) is 19.3 Å². The summed E-state index contributed by atoms with van der Waals surface area (Å²) in [6.45, 7) is 8.84. The predicted octanol–water partition coefficient (Wildman–Crippen LogP) is 2.51. The number of carboxylic acid groups (broad SMARTS) is 1. The number of carbonyl (C=O) groups is 3. The molecule has 1 N–H and O–H groups in total. The van der Waals surface area contributed by atoms with Crippen molar-refractivity contribution in [2.45, 2.75) is 46.1 Å². The zero-order chi connectivity index (χ0) is 16.7. The summed E-state index contributed by atoms with van der Waals surface area (Å²) in [4.78, 5) is 34.6. The Morgan fingerprint density at radius 3 is 2.59 bits per heavy atom. The second-order valence-corrected chi connectivity index (χ2v) is 6.69. The average Bonchev–Trinajstić information content (AvgIpc) is 2.38. The van der Waals surface area contributed by atoms with Crippen LogP contribution >= 0.6 is 0 Å². The van der Waals surface area contributed by atoms with Crippen molar-refractivity contribution in [1.82, 2.24) is 0 Å². The summed E-state index contributed by atoms with van der Waals surface area (Å²) in [6.07, 6.45) is 2.49. The smallest absolute Gasteiger partial charge is 0.331 e. The predicted molar refractivity (Wildman–Crippen MR) is 80.0 cm³/mol. The van der Waals surface area contributed by atoms with Gasteiger partial charge in [-0.05, 0) is 37.7 Å². The van der Waals surface area contributed by atoms with Crippen molar-refractivity contribution in [3.63, 3.8) is 0 Å². The van der Waals surface area contributed by atoms with E-state index in [4.69, 9.17) is 4.74 Å². The number of allylic oxidation sites excluding steroid dienone is 2. The molecule has 0 bridgehead atoms. The fourth-order valence-corrected chi connectivity index (χ4v) is 3.97. The Kier molecular flexibility index (Phi) is 4.27. The normalized spacial score (nSPS) is 34.4. The Morgan fingerprint density at radius 1 is 1.41 bits per heavy atom. The van der Waals surface area contributed by atoms with Crippen LogP contribution < -0.4 is 0 Å². The number of hydrogen-bond acceptors (Lipinski definition) is 4. The van der Waals surface area contributed by atoms with E-state index in [-0.39, 0.29) is 23.2 Å². The van der Waals surface area contributed by atoms with Gasteiger partial charge in [-0.2, -0.15) is 0 Å². The third kappa shape index (κ3) is 2.85. The van der Waals surface area contributed by atoms with Gasteiger partial charge < -0.3 is 9.84 Å². The van der Waals surface area contributed by atoms with E-state index in [2.05, 4.69) is 6.58 Å². The van der Waals surface area contributed by atoms with Gasteiger partial charge in [-0.25, -0.2) is 4.79 Å². The number of ether oxygens (including phenoxy) is 1. The van der Waals surface area contributed by atoms with Crippen molar-refractivity contribution in [3.8, 4) is 0 Å². The first kappa shape index (κ1) is 16.5. The van der Waals surface area contributed by atoms with Crippen LogP contribution in [0.25, 0.3) is 0 Å². The van der Waals surface area contributed by atoms with E-state index in [1.165, 1.54) is 6.92 Å². The van der Waals surface area contributed by atoms with Gasteiger partial charge in [0.25, 0.3) is 0 Å². The van der Waals surface area contributed by atoms with E-state index in [1.807, 2.05) is 13.8 Å². The van der Waals surface area contributed by atoms with Crippen molar-refractivity contribution < 1.29 is 24.2 Å². The number of esters is 1. The molecule has 0 aliphatic heterocycles. The molecule has 2 unspecified atom stereocenters. The van der Waals surface area contributed by atoms with E-state index >= 15 is 0 Å². The minimum absolute atomic E-state index is 0.0180. The van der Waals surface area contributed by atoms with Gasteiger partial charge in [0.15, 0.2) is 5.78 Å². The monoisotopic (exact) mass is 306 g/mol. The highest BCUT2D eigenvalue weighted by molar-refractivity contribution is 5.92. The minimum atomic E-state index is -1.02. The molecule has 2 aliphatic rings. The van der Waals surface area contributed by atoms with Gasteiger partial charge in [0, 0.05) is 24.3 Å². The van der Waals surface area contributed by atoms with Gasteiger partial charge in [-0.1, -0.05) is 19.1 Å². The highest BCUT2D eigenvalue weighted by Crippen LogP contribution is 2.53. The Bertz CT molecular complexity index is 574. The maximum atomic E-state index is 12.0. The number of ketones is 1. The van der Waals surface area contributed by atoms with Gasteiger partial charge in [0.05, 0.1) is 0 Å². The second kappa shape index (κ2) is 5.71. The maximum absolute atomic E-state index is 12.0. The summed E-state index contributed by atoms with van der Waals surface area (Å²) >= 11 is 0. The summed E-state index contributed by atoms with van der Waals surface area (Å²) in [5.74, 6) is -1.64. The van der Waals surface area contributed by atoms with Crippen LogP contribution in [-0.4, -0.2) is 28.9 Å². The molecule has 0 amide bonds. The molecule has 5 nitrogen and oxygen atoms in total. The lowest BCUT2D eigenvalue weighted by Crippen LogP contribution is -2.51. The van der Waals surface area contributed by atoms with Gasteiger partial charge in [0.1, 0.15) is 6.10 Å². The zero-order valence-corrected chi connectivity index (χ0v) is 13.2. The molecule has 5 heteroatoms. The molecule has 4 atom stereocenters. The molecular formula is C17H22O5. The van der Waals surface area contributed by atoms with Crippen molar-refractivity contribution in [2.75, 3.05) is 0 Å². The van der Waals surface area contributed by atoms with E-state index in [9.17, 15) is 19.5 Å². The summed E-state index contributed by atoms with van der Waals surface area (Å²) in [6, 6.07) is 0. The summed E-state index contributed by atoms with van der Waals surface area (Å²) < 4.78 is 5.47. The third-order valence-corrected chi connectivity index (χ3v) is 5.12. The highest BCUT2D eigenvalue weighted by Gasteiger charge is 2.52. The fraction of sp³-hybridized carbons (Fsp3) is 0.588. The molecule has 0 saturated heterocycles. The highest BCUT2D eigenvalue weighted by atomic mass is 16.5. The summed E-state index contributed by atoms with van der Waals surface area (Å²) in [7, 11) is 0. The van der Waals surface area contributed by atoms with Crippen LogP contribution in [0.5, 0.6) is 0 Å². The zero-order valence-electron chi connectivity index (χ0n) is 13.2. The molecule has 0 aromatic rings. The van der Waals surface area contributed by atoms with E-state index < -0.39 is 23.5 Å². The summed E-state index contributed by atoms with van der Waals surface area (Å²) in [5.41, 5.74) is 0.597. The van der Waals surface area contributed by atoms with Crippen LogP contribution in [0.3, 0.4) is 0 Å². The van der Waals surface area contributed by atoms with Crippen molar-refractivity contribution >= 4 is 17.7 Å². The Balaban J connectivity index is 2.39. The summed E-state index contributed by atoms with van der Waals surface area (Å²) in [5, 5.41) is 9.19. The molecule has 120 valence electrons. The van der Waals surface area contributed by atoms with Crippen LogP contribution in [0.4, 0.5) is 0 Å².